The Labute approximate surface area is 137 Å². The fraction of sp³-hybridized carbons (Fsp3) is 0.583. The van der Waals surface area contributed by atoms with Crippen molar-refractivity contribution in [2.75, 3.05) is 5.75 Å². The van der Waals surface area contributed by atoms with Crippen LogP contribution >= 0.6 is 34.7 Å². The summed E-state index contributed by atoms with van der Waals surface area (Å²) in [6.45, 7) is 3.68. The second-order valence-corrected chi connectivity index (χ2v) is 9.72. The fourth-order valence-electron chi connectivity index (χ4n) is 2.17. The van der Waals surface area contributed by atoms with Gasteiger partial charge in [0.05, 0.1) is 9.71 Å². The highest BCUT2D eigenvalue weighted by molar-refractivity contribution is 8.01. The number of sulfonamides is 1. The zero-order chi connectivity index (χ0) is 15.8. The molecule has 118 valence electrons. The predicted molar refractivity (Wildman–Crippen MR) is 85.7 cm³/mol. The Morgan fingerprint density at radius 3 is 2.71 bits per heavy atom. The monoisotopic (exact) mass is 369 g/mol. The largest absolute Gasteiger partial charge is 0.480 e. The van der Waals surface area contributed by atoms with Crippen LogP contribution < -0.4 is 0 Å². The smallest absolute Gasteiger partial charge is 0.322 e. The lowest BCUT2D eigenvalue weighted by Crippen LogP contribution is -2.45. The van der Waals surface area contributed by atoms with Crippen molar-refractivity contribution >= 4 is 50.7 Å². The SMILES string of the molecule is CCCC1SCC(C(=O)O)N1S(=O)(=O)c1cc(C)c(Cl)s1. The number of hydrogen-bond acceptors (Lipinski definition) is 5. The number of carboxylic acid groups (broad SMARTS) is 1. The van der Waals surface area contributed by atoms with Crippen LogP contribution in [0, 0.1) is 6.92 Å². The first kappa shape index (κ1) is 17.1. The second kappa shape index (κ2) is 6.45. The van der Waals surface area contributed by atoms with Crippen molar-refractivity contribution in [2.45, 2.75) is 42.3 Å². The van der Waals surface area contributed by atoms with Gasteiger partial charge in [-0.2, -0.15) is 4.31 Å². The molecule has 0 aromatic carbocycles. The summed E-state index contributed by atoms with van der Waals surface area (Å²) in [5.41, 5.74) is 0.686. The van der Waals surface area contributed by atoms with Crippen LogP contribution in [0.5, 0.6) is 0 Å². The molecule has 1 fully saturated rings. The van der Waals surface area contributed by atoms with Crippen LogP contribution in [0.3, 0.4) is 0 Å². The Balaban J connectivity index is 2.44. The first-order valence-electron chi connectivity index (χ1n) is 6.43. The number of hydrogen-bond donors (Lipinski definition) is 1. The van der Waals surface area contributed by atoms with Crippen molar-refractivity contribution in [3.63, 3.8) is 0 Å². The van der Waals surface area contributed by atoms with Gasteiger partial charge in [-0.05, 0) is 25.0 Å². The molecule has 9 heteroatoms. The Bertz CT molecular complexity index is 623. The number of aliphatic carboxylic acids is 1. The standard InChI is InChI=1S/C12H16ClNO4S3/c1-3-4-9-14(8(6-19-9)12(15)16)21(17,18)10-5-7(2)11(13)20-10/h5,8-9H,3-4,6H2,1-2H3,(H,15,16). The average Bonchev–Trinajstić information content (AvgIpc) is 2.95. The van der Waals surface area contributed by atoms with Crippen LogP contribution in [0.25, 0.3) is 0 Å². The van der Waals surface area contributed by atoms with Gasteiger partial charge in [0.2, 0.25) is 0 Å². The Morgan fingerprint density at radius 2 is 2.24 bits per heavy atom. The van der Waals surface area contributed by atoms with Crippen molar-refractivity contribution in [1.29, 1.82) is 0 Å². The summed E-state index contributed by atoms with van der Waals surface area (Å²) in [5, 5.41) is 8.97. The Morgan fingerprint density at radius 1 is 1.57 bits per heavy atom. The molecule has 1 aromatic rings. The van der Waals surface area contributed by atoms with Gasteiger partial charge in [-0.25, -0.2) is 8.42 Å². The number of thiophene rings is 1. The van der Waals surface area contributed by atoms with Gasteiger partial charge in [0.1, 0.15) is 10.3 Å². The Hall–Kier alpha value is -0.280. The summed E-state index contributed by atoms with van der Waals surface area (Å²) < 4.78 is 27.3. The maximum Gasteiger partial charge on any atom is 0.322 e. The molecule has 2 atom stereocenters. The molecule has 2 heterocycles. The maximum absolute atomic E-state index is 12.8. The molecule has 2 unspecified atom stereocenters. The molecular weight excluding hydrogens is 354 g/mol. The lowest BCUT2D eigenvalue weighted by Gasteiger charge is -2.25. The highest BCUT2D eigenvalue weighted by Crippen LogP contribution is 2.40. The number of carboxylic acids is 1. The molecule has 0 aliphatic carbocycles. The first-order valence-corrected chi connectivity index (χ1v) is 10.1. The molecule has 0 radical (unpaired) electrons. The molecule has 1 aromatic heterocycles. The van der Waals surface area contributed by atoms with Gasteiger partial charge in [-0.1, -0.05) is 24.9 Å². The van der Waals surface area contributed by atoms with Crippen molar-refractivity contribution < 1.29 is 18.3 Å². The number of thioether (sulfide) groups is 1. The highest BCUT2D eigenvalue weighted by Gasteiger charge is 2.46. The molecule has 1 aliphatic heterocycles. The van der Waals surface area contributed by atoms with Gasteiger partial charge in [0.15, 0.2) is 0 Å². The van der Waals surface area contributed by atoms with Gasteiger partial charge in [-0.3, -0.25) is 4.79 Å². The summed E-state index contributed by atoms with van der Waals surface area (Å²) in [5.74, 6) is -0.832. The van der Waals surface area contributed by atoms with Crippen molar-refractivity contribution in [3.8, 4) is 0 Å². The molecule has 21 heavy (non-hydrogen) atoms. The number of carbonyl (C=O) groups is 1. The molecule has 0 spiro atoms. The van der Waals surface area contributed by atoms with Crippen LogP contribution in [-0.2, 0) is 14.8 Å². The minimum absolute atomic E-state index is 0.111. The van der Waals surface area contributed by atoms with E-state index in [2.05, 4.69) is 0 Å². The predicted octanol–water partition coefficient (Wildman–Crippen LogP) is 3.03. The van der Waals surface area contributed by atoms with E-state index < -0.39 is 22.0 Å². The third kappa shape index (κ3) is 3.24. The lowest BCUT2D eigenvalue weighted by molar-refractivity contribution is -0.140. The topological polar surface area (TPSA) is 74.7 Å². The van der Waals surface area contributed by atoms with E-state index in [1.54, 1.807) is 6.92 Å². The summed E-state index contributed by atoms with van der Waals surface area (Å²) in [6, 6.07) is 0.491. The summed E-state index contributed by atoms with van der Waals surface area (Å²) in [6.07, 6.45) is 1.42. The molecule has 0 saturated carbocycles. The summed E-state index contributed by atoms with van der Waals surface area (Å²) in [7, 11) is -3.84. The molecule has 2 rings (SSSR count). The van der Waals surface area contributed by atoms with Gasteiger partial charge >= 0.3 is 5.97 Å². The number of rotatable bonds is 5. The van der Waals surface area contributed by atoms with Gasteiger partial charge in [0.25, 0.3) is 10.0 Å². The Kier molecular flexibility index (Phi) is 5.25. The lowest BCUT2D eigenvalue weighted by atomic mass is 10.3. The second-order valence-electron chi connectivity index (χ2n) is 4.79. The molecule has 5 nitrogen and oxygen atoms in total. The average molecular weight is 370 g/mol. The van der Waals surface area contributed by atoms with Crippen LogP contribution in [0.1, 0.15) is 25.3 Å². The van der Waals surface area contributed by atoms with E-state index in [0.29, 0.717) is 16.3 Å². The summed E-state index contributed by atoms with van der Waals surface area (Å²) in [4.78, 5) is 11.4. The number of nitrogens with zero attached hydrogens (tertiary/aromatic N) is 1. The normalized spacial score (nSPS) is 23.6. The van der Waals surface area contributed by atoms with Crippen LogP contribution in [0.4, 0.5) is 0 Å². The zero-order valence-electron chi connectivity index (χ0n) is 11.6. The van der Waals surface area contributed by atoms with Crippen molar-refractivity contribution in [3.05, 3.63) is 16.0 Å². The molecule has 0 bridgehead atoms. The zero-order valence-corrected chi connectivity index (χ0v) is 14.8. The first-order chi connectivity index (χ1) is 9.78. The van der Waals surface area contributed by atoms with Crippen LogP contribution in [0.2, 0.25) is 4.34 Å². The molecule has 1 saturated heterocycles. The van der Waals surface area contributed by atoms with E-state index in [9.17, 15) is 18.3 Å². The quantitative estimate of drug-likeness (QED) is 0.863. The van der Waals surface area contributed by atoms with E-state index in [0.717, 1.165) is 22.1 Å². The molecule has 0 amide bonds. The van der Waals surface area contributed by atoms with Crippen LogP contribution in [0.15, 0.2) is 10.3 Å². The van der Waals surface area contributed by atoms with Crippen LogP contribution in [-0.4, -0.2) is 41.0 Å². The van der Waals surface area contributed by atoms with Gasteiger partial charge < -0.3 is 5.11 Å². The molecule has 1 N–H and O–H groups in total. The third-order valence-electron chi connectivity index (χ3n) is 3.22. The fourth-order valence-corrected chi connectivity index (χ4v) is 7.64. The van der Waals surface area contributed by atoms with Crippen molar-refractivity contribution in [2.24, 2.45) is 0 Å². The van der Waals surface area contributed by atoms with E-state index in [1.165, 1.54) is 17.8 Å². The number of aryl methyl sites for hydroxylation is 1. The minimum atomic E-state index is -3.84. The molecular formula is C12H16ClNO4S3. The van der Waals surface area contributed by atoms with E-state index in [1.807, 2.05) is 6.92 Å². The maximum atomic E-state index is 12.8. The van der Waals surface area contributed by atoms with Crippen molar-refractivity contribution in [1.82, 2.24) is 4.31 Å². The third-order valence-corrected chi connectivity index (χ3v) is 8.64. The van der Waals surface area contributed by atoms with E-state index >= 15 is 0 Å². The van der Waals surface area contributed by atoms with Gasteiger partial charge in [-0.15, -0.1) is 23.1 Å². The van der Waals surface area contributed by atoms with E-state index in [4.69, 9.17) is 11.6 Å². The van der Waals surface area contributed by atoms with E-state index in [-0.39, 0.29) is 15.3 Å². The van der Waals surface area contributed by atoms with Gasteiger partial charge in [0, 0.05) is 5.75 Å². The number of halogens is 1. The highest BCUT2D eigenvalue weighted by atomic mass is 35.5. The minimum Gasteiger partial charge on any atom is -0.480 e. The summed E-state index contributed by atoms with van der Waals surface area (Å²) >= 11 is 8.31. The molecule has 1 aliphatic rings.